The van der Waals surface area contributed by atoms with Crippen LogP contribution in [0.4, 0.5) is 0 Å². The number of hydrogen-bond donors (Lipinski definition) is 0. The summed E-state index contributed by atoms with van der Waals surface area (Å²) in [5.74, 6) is 0. The second kappa shape index (κ2) is 7.13. The molecule has 0 heterocycles. The fraction of sp³-hybridized carbons (Fsp3) is 0.368. The maximum atomic E-state index is 2.28. The number of hydrogen-bond acceptors (Lipinski definition) is 0. The summed E-state index contributed by atoms with van der Waals surface area (Å²) in [4.78, 5) is 0. The molecule has 0 saturated carbocycles. The second-order valence-corrected chi connectivity index (χ2v) is 5.17. The Morgan fingerprint density at radius 1 is 0.526 bits per heavy atom. The third kappa shape index (κ3) is 4.90. The molecule has 0 aliphatic carbocycles. The van der Waals surface area contributed by atoms with Crippen molar-refractivity contribution in [3.05, 3.63) is 69.8 Å². The minimum Gasteiger partial charge on any atom is -0.0683 e. The van der Waals surface area contributed by atoms with E-state index in [-0.39, 0.29) is 0 Å². The van der Waals surface area contributed by atoms with E-state index in [1.165, 1.54) is 33.4 Å². The van der Waals surface area contributed by atoms with E-state index in [4.69, 9.17) is 0 Å². The summed E-state index contributed by atoms with van der Waals surface area (Å²) in [5, 5.41) is 0. The summed E-state index contributed by atoms with van der Waals surface area (Å²) in [6.07, 6.45) is 1.03. The lowest BCUT2D eigenvalue weighted by molar-refractivity contribution is 1.15. The van der Waals surface area contributed by atoms with Crippen molar-refractivity contribution in [2.24, 2.45) is 0 Å². The Morgan fingerprint density at radius 3 is 1.05 bits per heavy atom. The molecule has 0 bridgehead atoms. The zero-order chi connectivity index (χ0) is 14.4. The van der Waals surface area contributed by atoms with Crippen LogP contribution in [0.15, 0.2) is 36.4 Å². The molecule has 0 spiro atoms. The molecule has 0 heteroatoms. The van der Waals surface area contributed by atoms with Crippen LogP contribution in [-0.2, 0) is 6.42 Å². The predicted octanol–water partition coefficient (Wildman–Crippen LogP) is 5.54. The molecule has 0 aromatic heterocycles. The van der Waals surface area contributed by atoms with Gasteiger partial charge in [-0.15, -0.1) is 0 Å². The third-order valence-electron chi connectivity index (χ3n) is 2.97. The highest BCUT2D eigenvalue weighted by molar-refractivity contribution is 5.35. The van der Waals surface area contributed by atoms with Crippen LogP contribution in [0.5, 0.6) is 0 Å². The van der Waals surface area contributed by atoms with Crippen molar-refractivity contribution in [2.45, 2.75) is 48.0 Å². The Labute approximate surface area is 118 Å². The van der Waals surface area contributed by atoms with E-state index in [9.17, 15) is 0 Å². The predicted molar refractivity (Wildman–Crippen MR) is 86.0 cm³/mol. The average Bonchev–Trinajstić information content (AvgIpc) is 2.28. The van der Waals surface area contributed by atoms with E-state index < -0.39 is 0 Å². The molecular formula is C19H26. The van der Waals surface area contributed by atoms with Gasteiger partial charge in [0.05, 0.1) is 0 Å². The van der Waals surface area contributed by atoms with Crippen molar-refractivity contribution in [3.63, 3.8) is 0 Å². The van der Waals surface area contributed by atoms with E-state index in [1.54, 1.807) is 0 Å². The van der Waals surface area contributed by atoms with Crippen LogP contribution in [0.2, 0.25) is 0 Å². The second-order valence-electron chi connectivity index (χ2n) is 5.17. The molecule has 2 aromatic rings. The van der Waals surface area contributed by atoms with Crippen molar-refractivity contribution in [1.29, 1.82) is 0 Å². The van der Waals surface area contributed by atoms with Crippen LogP contribution < -0.4 is 0 Å². The molecular weight excluding hydrogens is 228 g/mol. The van der Waals surface area contributed by atoms with Crippen LogP contribution in [0.25, 0.3) is 0 Å². The van der Waals surface area contributed by atoms with Crippen LogP contribution in [0.1, 0.15) is 47.2 Å². The van der Waals surface area contributed by atoms with Crippen LogP contribution in [0, 0.1) is 27.7 Å². The molecule has 2 rings (SSSR count). The van der Waals surface area contributed by atoms with Crippen molar-refractivity contribution >= 4 is 0 Å². The van der Waals surface area contributed by atoms with Crippen molar-refractivity contribution in [1.82, 2.24) is 0 Å². The quantitative estimate of drug-likeness (QED) is 0.660. The summed E-state index contributed by atoms with van der Waals surface area (Å²) in [5.41, 5.74) is 8.22. The Morgan fingerprint density at radius 2 is 0.789 bits per heavy atom. The van der Waals surface area contributed by atoms with Crippen LogP contribution in [0.3, 0.4) is 0 Å². The lowest BCUT2D eigenvalue weighted by Gasteiger charge is -2.07. The van der Waals surface area contributed by atoms with Gasteiger partial charge in [0.25, 0.3) is 0 Å². The number of benzene rings is 2. The van der Waals surface area contributed by atoms with Gasteiger partial charge in [0.15, 0.2) is 0 Å². The van der Waals surface area contributed by atoms with Gasteiger partial charge in [-0.1, -0.05) is 72.5 Å². The maximum absolute atomic E-state index is 2.28. The highest BCUT2D eigenvalue weighted by Gasteiger charge is 2.00. The van der Waals surface area contributed by atoms with Gasteiger partial charge in [-0.2, -0.15) is 0 Å². The van der Waals surface area contributed by atoms with Gasteiger partial charge in [-0.05, 0) is 45.2 Å². The van der Waals surface area contributed by atoms with Crippen molar-refractivity contribution in [2.75, 3.05) is 0 Å². The fourth-order valence-corrected chi connectivity index (χ4v) is 2.58. The summed E-state index contributed by atoms with van der Waals surface area (Å²) >= 11 is 0. The molecule has 0 nitrogen and oxygen atoms in total. The zero-order valence-electron chi connectivity index (χ0n) is 13.2. The minimum atomic E-state index is 1.03. The molecule has 0 radical (unpaired) electrons. The Kier molecular flexibility index (Phi) is 5.82. The first-order valence-corrected chi connectivity index (χ1v) is 7.17. The summed E-state index contributed by atoms with van der Waals surface area (Å²) < 4.78 is 0. The normalized spacial score (nSPS) is 9.79. The topological polar surface area (TPSA) is 0 Å². The fourth-order valence-electron chi connectivity index (χ4n) is 2.58. The Balaban J connectivity index is 0.000000861. The average molecular weight is 254 g/mol. The highest BCUT2D eigenvalue weighted by Crippen LogP contribution is 2.16. The molecule has 0 saturated heterocycles. The van der Waals surface area contributed by atoms with Crippen LogP contribution >= 0.6 is 0 Å². The van der Waals surface area contributed by atoms with Crippen LogP contribution in [-0.4, -0.2) is 0 Å². The summed E-state index contributed by atoms with van der Waals surface area (Å²) in [6.45, 7) is 12.7. The van der Waals surface area contributed by atoms with E-state index in [0.717, 1.165) is 6.42 Å². The van der Waals surface area contributed by atoms with Gasteiger partial charge in [0.1, 0.15) is 0 Å². The van der Waals surface area contributed by atoms with E-state index in [2.05, 4.69) is 64.1 Å². The van der Waals surface area contributed by atoms with Gasteiger partial charge >= 0.3 is 0 Å². The molecule has 0 N–H and O–H groups in total. The molecule has 0 unspecified atom stereocenters. The molecule has 0 aliphatic rings. The molecule has 2 aromatic carbocycles. The van der Waals surface area contributed by atoms with Gasteiger partial charge < -0.3 is 0 Å². The van der Waals surface area contributed by atoms with Gasteiger partial charge in [0.2, 0.25) is 0 Å². The molecule has 0 atom stereocenters. The van der Waals surface area contributed by atoms with Gasteiger partial charge in [-0.25, -0.2) is 0 Å². The minimum absolute atomic E-state index is 1.03. The molecule has 0 fully saturated rings. The van der Waals surface area contributed by atoms with E-state index in [0.29, 0.717) is 0 Å². The first-order chi connectivity index (χ1) is 9.02. The van der Waals surface area contributed by atoms with Crippen molar-refractivity contribution in [3.8, 4) is 0 Å². The number of aryl methyl sites for hydroxylation is 4. The molecule has 0 aliphatic heterocycles. The zero-order valence-corrected chi connectivity index (χ0v) is 13.2. The lowest BCUT2D eigenvalue weighted by atomic mass is 9.98. The monoisotopic (exact) mass is 254 g/mol. The first kappa shape index (κ1) is 15.5. The summed E-state index contributed by atoms with van der Waals surface area (Å²) in [6, 6.07) is 13.6. The molecule has 0 amide bonds. The standard InChI is InChI=1S/C17H20.C2H6/c1-12-5-13(2)8-16(7-12)11-17-9-14(3)6-15(4)10-17;1-2/h5-10H,11H2,1-4H3;1-2H3. The molecule has 102 valence electrons. The smallest absolute Gasteiger partial charge is 0.00254 e. The largest absolute Gasteiger partial charge is 0.0683 e. The number of rotatable bonds is 2. The summed E-state index contributed by atoms with van der Waals surface area (Å²) in [7, 11) is 0. The van der Waals surface area contributed by atoms with E-state index in [1.807, 2.05) is 13.8 Å². The maximum Gasteiger partial charge on any atom is -0.00254 e. The van der Waals surface area contributed by atoms with E-state index >= 15 is 0 Å². The SMILES string of the molecule is CC.Cc1cc(C)cc(Cc2cc(C)cc(C)c2)c1. The third-order valence-corrected chi connectivity index (χ3v) is 2.97. The Hall–Kier alpha value is -1.56. The van der Waals surface area contributed by atoms with Crippen molar-refractivity contribution < 1.29 is 0 Å². The van der Waals surface area contributed by atoms with Gasteiger partial charge in [0, 0.05) is 0 Å². The van der Waals surface area contributed by atoms with Gasteiger partial charge in [-0.3, -0.25) is 0 Å². The highest BCUT2D eigenvalue weighted by atomic mass is 14.1. The first-order valence-electron chi connectivity index (χ1n) is 7.17. The molecule has 19 heavy (non-hydrogen) atoms. The lowest BCUT2D eigenvalue weighted by Crippen LogP contribution is -1.92. The Bertz CT molecular complexity index is 446.